The minimum absolute atomic E-state index is 0.0403. The van der Waals surface area contributed by atoms with Crippen LogP contribution in [0.3, 0.4) is 0 Å². The molecule has 0 heterocycles. The van der Waals surface area contributed by atoms with E-state index in [2.05, 4.69) is 27.9 Å². The number of hydrogen-bond donors (Lipinski definition) is 1. The van der Waals surface area contributed by atoms with Crippen molar-refractivity contribution in [3.63, 3.8) is 0 Å². The number of amides is 1. The zero-order chi connectivity index (χ0) is 15.9. The average Bonchev–Trinajstić information content (AvgIpc) is 2.49. The van der Waals surface area contributed by atoms with Crippen molar-refractivity contribution < 1.29 is 4.79 Å². The van der Waals surface area contributed by atoms with Crippen molar-refractivity contribution in [2.45, 2.75) is 5.75 Å². The van der Waals surface area contributed by atoms with Crippen LogP contribution in [0, 0.1) is 3.57 Å². The predicted octanol–water partition coefficient (Wildman–Crippen LogP) is 5.26. The number of rotatable bonds is 6. The first kappa shape index (κ1) is 17.9. The maximum absolute atomic E-state index is 11.9. The molecule has 0 aliphatic carbocycles. The van der Waals surface area contributed by atoms with Gasteiger partial charge in [-0.25, -0.2) is 0 Å². The molecular weight excluding hydrogens is 452 g/mol. The Kier molecular flexibility index (Phi) is 7.34. The Morgan fingerprint density at radius 3 is 2.55 bits per heavy atom. The first-order valence-electron chi connectivity index (χ1n) is 6.61. The molecule has 0 aliphatic heterocycles. The van der Waals surface area contributed by atoms with Gasteiger partial charge in [0.1, 0.15) is 0 Å². The Bertz CT molecular complexity index is 649. The molecule has 0 radical (unpaired) electrons. The summed E-state index contributed by atoms with van der Waals surface area (Å²) in [4.78, 5) is 11.9. The highest BCUT2D eigenvalue weighted by molar-refractivity contribution is 14.1. The fourth-order valence-corrected chi connectivity index (χ4v) is 3.54. The molecule has 2 nitrogen and oxygen atoms in total. The highest BCUT2D eigenvalue weighted by atomic mass is 127. The summed E-state index contributed by atoms with van der Waals surface area (Å²) in [5.41, 5.74) is 1.74. The third-order valence-electron chi connectivity index (χ3n) is 2.91. The van der Waals surface area contributed by atoms with Crippen LogP contribution in [0.1, 0.15) is 15.9 Å². The molecule has 1 amide bonds. The van der Waals surface area contributed by atoms with Crippen molar-refractivity contribution in [2.24, 2.45) is 0 Å². The molecule has 22 heavy (non-hydrogen) atoms. The smallest absolute Gasteiger partial charge is 0.251 e. The number of halogens is 3. The van der Waals surface area contributed by atoms with Crippen LogP contribution in [-0.2, 0) is 5.75 Å². The summed E-state index contributed by atoms with van der Waals surface area (Å²) in [7, 11) is 0. The predicted molar refractivity (Wildman–Crippen MR) is 104 cm³/mol. The lowest BCUT2D eigenvalue weighted by atomic mass is 10.2. The number of carbonyl (C=O) groups excluding carboxylic acids is 1. The van der Waals surface area contributed by atoms with Gasteiger partial charge in [-0.2, -0.15) is 11.8 Å². The Balaban J connectivity index is 1.71. The fourth-order valence-electron chi connectivity index (χ4n) is 1.76. The van der Waals surface area contributed by atoms with E-state index in [1.54, 1.807) is 17.8 Å². The van der Waals surface area contributed by atoms with E-state index in [4.69, 9.17) is 23.2 Å². The quantitative estimate of drug-likeness (QED) is 0.465. The molecule has 0 bridgehead atoms. The van der Waals surface area contributed by atoms with E-state index < -0.39 is 0 Å². The Labute approximate surface area is 158 Å². The molecule has 0 unspecified atom stereocenters. The van der Waals surface area contributed by atoms with Crippen LogP contribution in [0.25, 0.3) is 0 Å². The van der Waals surface area contributed by atoms with Gasteiger partial charge in [0.15, 0.2) is 0 Å². The maximum Gasteiger partial charge on any atom is 0.251 e. The lowest BCUT2D eigenvalue weighted by molar-refractivity contribution is 0.0956. The Morgan fingerprint density at radius 1 is 1.14 bits per heavy atom. The second-order valence-electron chi connectivity index (χ2n) is 4.55. The Hall–Kier alpha value is -0.430. The van der Waals surface area contributed by atoms with E-state index in [9.17, 15) is 4.79 Å². The maximum atomic E-state index is 11.9. The molecule has 1 N–H and O–H groups in total. The molecule has 2 aromatic carbocycles. The summed E-state index contributed by atoms with van der Waals surface area (Å²) in [6, 6.07) is 13.0. The zero-order valence-electron chi connectivity index (χ0n) is 11.6. The monoisotopic (exact) mass is 465 g/mol. The normalized spacial score (nSPS) is 10.5. The SMILES string of the molecule is O=C(NCCSCc1ccc(Cl)cc1Cl)c1ccc(I)cc1. The number of nitrogens with one attached hydrogen (secondary N) is 1. The molecule has 2 rings (SSSR count). The van der Waals surface area contributed by atoms with Crippen molar-refractivity contribution in [1.29, 1.82) is 0 Å². The molecule has 0 atom stereocenters. The van der Waals surface area contributed by atoms with Gasteiger partial charge in [0, 0.05) is 37.2 Å². The van der Waals surface area contributed by atoms with Crippen molar-refractivity contribution >= 4 is 63.5 Å². The molecule has 2 aromatic rings. The topological polar surface area (TPSA) is 29.1 Å². The molecule has 6 heteroatoms. The number of hydrogen-bond acceptors (Lipinski definition) is 2. The first-order valence-corrected chi connectivity index (χ1v) is 9.60. The number of thioether (sulfide) groups is 1. The molecule has 0 aliphatic rings. The van der Waals surface area contributed by atoms with Gasteiger partial charge < -0.3 is 5.32 Å². The summed E-state index contributed by atoms with van der Waals surface area (Å²) < 4.78 is 1.12. The van der Waals surface area contributed by atoms with Gasteiger partial charge in [0.2, 0.25) is 0 Å². The van der Waals surface area contributed by atoms with E-state index >= 15 is 0 Å². The standard InChI is InChI=1S/C16H14Cl2INOS/c17-13-4-1-12(15(18)9-13)10-22-8-7-20-16(21)11-2-5-14(19)6-3-11/h1-6,9H,7-8,10H2,(H,20,21). The number of carbonyl (C=O) groups is 1. The van der Waals surface area contributed by atoms with Crippen molar-refractivity contribution in [1.82, 2.24) is 5.32 Å². The fraction of sp³-hybridized carbons (Fsp3) is 0.188. The molecule has 116 valence electrons. The van der Waals surface area contributed by atoms with Gasteiger partial charge in [0.05, 0.1) is 0 Å². The van der Waals surface area contributed by atoms with Crippen molar-refractivity contribution in [3.8, 4) is 0 Å². The summed E-state index contributed by atoms with van der Waals surface area (Å²) in [6.07, 6.45) is 0. The van der Waals surface area contributed by atoms with Crippen LogP contribution in [0.4, 0.5) is 0 Å². The molecule has 0 aromatic heterocycles. The molecule has 0 fully saturated rings. The van der Waals surface area contributed by atoms with Gasteiger partial charge in [-0.05, 0) is 64.6 Å². The average molecular weight is 466 g/mol. The summed E-state index contributed by atoms with van der Waals surface area (Å²) in [5, 5.41) is 4.24. The highest BCUT2D eigenvalue weighted by Gasteiger charge is 2.05. The van der Waals surface area contributed by atoms with Gasteiger partial charge in [0.25, 0.3) is 5.91 Å². The zero-order valence-corrected chi connectivity index (χ0v) is 16.1. The highest BCUT2D eigenvalue weighted by Crippen LogP contribution is 2.24. The first-order chi connectivity index (χ1) is 10.6. The second-order valence-corrected chi connectivity index (χ2v) is 7.75. The van der Waals surface area contributed by atoms with E-state index in [0.29, 0.717) is 22.2 Å². The van der Waals surface area contributed by atoms with E-state index in [1.807, 2.05) is 36.4 Å². The van der Waals surface area contributed by atoms with Gasteiger partial charge in [-0.15, -0.1) is 0 Å². The second kappa shape index (κ2) is 9.01. The van der Waals surface area contributed by atoms with Crippen LogP contribution < -0.4 is 5.32 Å². The Morgan fingerprint density at radius 2 is 1.86 bits per heavy atom. The number of benzene rings is 2. The van der Waals surface area contributed by atoms with E-state index in [0.717, 1.165) is 20.6 Å². The largest absolute Gasteiger partial charge is 0.351 e. The minimum Gasteiger partial charge on any atom is -0.351 e. The van der Waals surface area contributed by atoms with Crippen LogP contribution in [-0.4, -0.2) is 18.2 Å². The molecular formula is C16H14Cl2INOS. The summed E-state index contributed by atoms with van der Waals surface area (Å²) >= 11 is 15.9. The third kappa shape index (κ3) is 5.65. The molecule has 0 saturated carbocycles. The van der Waals surface area contributed by atoms with Crippen molar-refractivity contribution in [2.75, 3.05) is 12.3 Å². The summed E-state index contributed by atoms with van der Waals surface area (Å²) in [5.74, 6) is 1.59. The van der Waals surface area contributed by atoms with Crippen LogP contribution in [0.2, 0.25) is 10.0 Å². The van der Waals surface area contributed by atoms with Crippen LogP contribution >= 0.6 is 57.6 Å². The third-order valence-corrected chi connectivity index (χ3v) is 5.23. The lowest BCUT2D eigenvalue weighted by Gasteiger charge is -2.07. The lowest BCUT2D eigenvalue weighted by Crippen LogP contribution is -2.25. The minimum atomic E-state index is -0.0403. The van der Waals surface area contributed by atoms with Crippen molar-refractivity contribution in [3.05, 3.63) is 67.2 Å². The van der Waals surface area contributed by atoms with E-state index in [1.165, 1.54) is 0 Å². The van der Waals surface area contributed by atoms with E-state index in [-0.39, 0.29) is 5.91 Å². The van der Waals surface area contributed by atoms with Gasteiger partial charge in [-0.3, -0.25) is 4.79 Å². The molecule has 0 spiro atoms. The van der Waals surface area contributed by atoms with Crippen LogP contribution in [0.5, 0.6) is 0 Å². The van der Waals surface area contributed by atoms with Crippen LogP contribution in [0.15, 0.2) is 42.5 Å². The van der Waals surface area contributed by atoms with Gasteiger partial charge >= 0.3 is 0 Å². The van der Waals surface area contributed by atoms with Gasteiger partial charge in [-0.1, -0.05) is 29.3 Å². The summed E-state index contributed by atoms with van der Waals surface area (Å²) in [6.45, 7) is 0.626. The molecule has 0 saturated heterocycles.